The molecule has 0 saturated carbocycles. The van der Waals surface area contributed by atoms with Crippen molar-refractivity contribution in [2.45, 2.75) is 170 Å². The molecule has 1 rings (SSSR count). The quantitative estimate of drug-likeness (QED) is 0.117. The van der Waals surface area contributed by atoms with E-state index in [1.165, 1.54) is 119 Å². The predicted molar refractivity (Wildman–Crippen MR) is 172 cm³/mol. The molecule has 0 aromatic heterocycles. The lowest BCUT2D eigenvalue weighted by Crippen LogP contribution is -2.19. The average molecular weight is 525 g/mol. The van der Waals surface area contributed by atoms with Crippen LogP contribution >= 0.6 is 0 Å². The van der Waals surface area contributed by atoms with Crippen LogP contribution in [-0.4, -0.2) is 11.2 Å². The van der Waals surface area contributed by atoms with Crippen LogP contribution < -0.4 is 0 Å². The average Bonchev–Trinajstić information content (AvgIpc) is 2.86. The smallest absolute Gasteiger partial charge is 0.0543 e. The molecule has 0 saturated heterocycles. The standard InChI is InChI=1S/C37H64O/c1-7-8-9-10-11-12-13-14-15-16-17-18-19-27-35(38)28-21-25-32(2)23-20-24-33(3)29-30-36-34(4)26-22-31-37(36,5)6/h20,23-25,29-30,35,38H,7-19,21-22,26-28,31H2,1-6H3. The summed E-state index contributed by atoms with van der Waals surface area (Å²) in [7, 11) is 0. The van der Waals surface area contributed by atoms with Crippen molar-refractivity contribution in [1.82, 2.24) is 0 Å². The van der Waals surface area contributed by atoms with Crippen LogP contribution in [0.4, 0.5) is 0 Å². The van der Waals surface area contributed by atoms with Gasteiger partial charge in [-0.15, -0.1) is 0 Å². The zero-order valence-electron chi connectivity index (χ0n) is 26.4. The second-order valence-corrected chi connectivity index (χ2v) is 12.7. The fraction of sp³-hybridized carbons (Fsp3) is 0.730. The number of hydrogen-bond acceptors (Lipinski definition) is 1. The fourth-order valence-corrected chi connectivity index (χ4v) is 5.75. The molecule has 1 atom stereocenters. The number of unbranched alkanes of at least 4 members (excludes halogenated alkanes) is 12. The Bertz CT molecular complexity index is 758. The van der Waals surface area contributed by atoms with Gasteiger partial charge in [-0.25, -0.2) is 0 Å². The summed E-state index contributed by atoms with van der Waals surface area (Å²) in [6.07, 6.45) is 37.8. The van der Waals surface area contributed by atoms with E-state index in [9.17, 15) is 5.11 Å². The molecule has 1 heteroatoms. The molecule has 0 aromatic rings. The number of rotatable bonds is 21. The SMILES string of the molecule is CCCCCCCCCCCCCCCC(O)CCC=C(C)C=CC=C(C)C=CC1=C(C)CCCC1(C)C. The highest BCUT2D eigenvalue weighted by molar-refractivity contribution is 5.37. The van der Waals surface area contributed by atoms with Crippen LogP contribution in [0.5, 0.6) is 0 Å². The van der Waals surface area contributed by atoms with Crippen molar-refractivity contribution in [3.63, 3.8) is 0 Å². The van der Waals surface area contributed by atoms with E-state index in [1.54, 1.807) is 5.57 Å². The summed E-state index contributed by atoms with van der Waals surface area (Å²) in [5, 5.41) is 10.3. The predicted octanol–water partition coefficient (Wildman–Crippen LogP) is 12.1. The van der Waals surface area contributed by atoms with Crippen molar-refractivity contribution in [3.05, 3.63) is 58.7 Å². The van der Waals surface area contributed by atoms with E-state index in [0.717, 1.165) is 19.3 Å². The van der Waals surface area contributed by atoms with Gasteiger partial charge in [0.1, 0.15) is 0 Å². The van der Waals surface area contributed by atoms with E-state index in [-0.39, 0.29) is 6.10 Å². The van der Waals surface area contributed by atoms with Gasteiger partial charge in [0, 0.05) is 0 Å². The van der Waals surface area contributed by atoms with Crippen LogP contribution in [0.1, 0.15) is 164 Å². The van der Waals surface area contributed by atoms with Crippen molar-refractivity contribution in [2.24, 2.45) is 5.41 Å². The largest absolute Gasteiger partial charge is 0.393 e. The Hall–Kier alpha value is -1.34. The van der Waals surface area contributed by atoms with Gasteiger partial charge in [-0.05, 0) is 70.3 Å². The zero-order chi connectivity index (χ0) is 28.1. The van der Waals surface area contributed by atoms with Gasteiger partial charge < -0.3 is 5.11 Å². The van der Waals surface area contributed by atoms with Crippen LogP contribution in [0.25, 0.3) is 0 Å². The van der Waals surface area contributed by atoms with Crippen molar-refractivity contribution in [2.75, 3.05) is 0 Å². The zero-order valence-corrected chi connectivity index (χ0v) is 26.4. The summed E-state index contributed by atoms with van der Waals surface area (Å²) in [6.45, 7) is 13.7. The molecular formula is C37H64O. The number of aliphatic hydroxyl groups is 1. The highest BCUT2D eigenvalue weighted by Gasteiger charge is 2.26. The third-order valence-electron chi connectivity index (χ3n) is 8.38. The summed E-state index contributed by atoms with van der Waals surface area (Å²) in [5.41, 5.74) is 5.93. The van der Waals surface area contributed by atoms with Gasteiger partial charge in [0.25, 0.3) is 0 Å². The molecule has 1 unspecified atom stereocenters. The maximum absolute atomic E-state index is 10.3. The van der Waals surface area contributed by atoms with E-state index in [0.29, 0.717) is 5.41 Å². The molecule has 0 spiro atoms. The molecule has 0 aromatic carbocycles. The Morgan fingerprint density at radius 3 is 1.97 bits per heavy atom. The molecular weight excluding hydrogens is 460 g/mol. The normalized spacial score (nSPS) is 17.8. The van der Waals surface area contributed by atoms with E-state index in [1.807, 2.05) is 0 Å². The molecule has 1 N–H and O–H groups in total. The highest BCUT2D eigenvalue weighted by Crippen LogP contribution is 2.40. The third kappa shape index (κ3) is 17.3. The highest BCUT2D eigenvalue weighted by atomic mass is 16.3. The van der Waals surface area contributed by atoms with Gasteiger partial charge >= 0.3 is 0 Å². The molecule has 218 valence electrons. The first-order valence-electron chi connectivity index (χ1n) is 16.3. The van der Waals surface area contributed by atoms with Crippen molar-refractivity contribution in [3.8, 4) is 0 Å². The first kappa shape index (κ1) is 34.7. The van der Waals surface area contributed by atoms with Gasteiger partial charge in [0.15, 0.2) is 0 Å². The number of allylic oxidation sites excluding steroid dienone is 10. The first-order valence-corrected chi connectivity index (χ1v) is 16.3. The molecule has 38 heavy (non-hydrogen) atoms. The van der Waals surface area contributed by atoms with Crippen LogP contribution in [0.3, 0.4) is 0 Å². The molecule has 0 heterocycles. The van der Waals surface area contributed by atoms with Gasteiger partial charge in [0.05, 0.1) is 6.10 Å². The Morgan fingerprint density at radius 2 is 1.39 bits per heavy atom. The van der Waals surface area contributed by atoms with Crippen molar-refractivity contribution in [1.29, 1.82) is 0 Å². The van der Waals surface area contributed by atoms with Gasteiger partial charge in [0.2, 0.25) is 0 Å². The summed E-state index contributed by atoms with van der Waals surface area (Å²) in [4.78, 5) is 0. The Kier molecular flexibility index (Phi) is 19.6. The van der Waals surface area contributed by atoms with Crippen molar-refractivity contribution < 1.29 is 5.11 Å². The molecule has 0 amide bonds. The van der Waals surface area contributed by atoms with Gasteiger partial charge in [-0.2, -0.15) is 0 Å². The van der Waals surface area contributed by atoms with E-state index >= 15 is 0 Å². The number of hydrogen-bond donors (Lipinski definition) is 1. The lowest BCUT2D eigenvalue weighted by Gasteiger charge is -2.32. The minimum Gasteiger partial charge on any atom is -0.393 e. The molecule has 1 aliphatic carbocycles. The van der Waals surface area contributed by atoms with Crippen LogP contribution in [-0.2, 0) is 0 Å². The third-order valence-corrected chi connectivity index (χ3v) is 8.38. The van der Waals surface area contributed by atoms with E-state index in [2.05, 4.69) is 78.0 Å². The summed E-state index contributed by atoms with van der Waals surface area (Å²) >= 11 is 0. The Morgan fingerprint density at radius 1 is 0.816 bits per heavy atom. The van der Waals surface area contributed by atoms with Gasteiger partial charge in [-0.3, -0.25) is 0 Å². The van der Waals surface area contributed by atoms with Crippen LogP contribution in [0, 0.1) is 5.41 Å². The molecule has 1 nitrogen and oxygen atoms in total. The van der Waals surface area contributed by atoms with E-state index < -0.39 is 0 Å². The lowest BCUT2D eigenvalue weighted by atomic mass is 9.72. The van der Waals surface area contributed by atoms with E-state index in [4.69, 9.17) is 0 Å². The molecule has 0 bridgehead atoms. The van der Waals surface area contributed by atoms with Gasteiger partial charge in [-0.1, -0.05) is 157 Å². The second-order valence-electron chi connectivity index (χ2n) is 12.7. The minimum atomic E-state index is -0.148. The monoisotopic (exact) mass is 524 g/mol. The molecule has 1 aliphatic rings. The Balaban J connectivity index is 2.13. The van der Waals surface area contributed by atoms with Crippen molar-refractivity contribution >= 4 is 0 Å². The maximum Gasteiger partial charge on any atom is 0.0543 e. The lowest BCUT2D eigenvalue weighted by molar-refractivity contribution is 0.152. The van der Waals surface area contributed by atoms with Crippen LogP contribution in [0.2, 0.25) is 0 Å². The van der Waals surface area contributed by atoms with Crippen LogP contribution in [0.15, 0.2) is 58.7 Å². The second kappa shape index (κ2) is 21.5. The first-order chi connectivity index (χ1) is 18.3. The minimum absolute atomic E-state index is 0.148. The molecule has 0 fully saturated rings. The Labute approximate surface area is 238 Å². The maximum atomic E-state index is 10.3. The topological polar surface area (TPSA) is 20.2 Å². The molecule has 0 aliphatic heterocycles. The fourth-order valence-electron chi connectivity index (χ4n) is 5.75. The molecule has 0 radical (unpaired) electrons. The summed E-state index contributed by atoms with van der Waals surface area (Å²) in [6, 6.07) is 0. The summed E-state index contributed by atoms with van der Waals surface area (Å²) < 4.78 is 0. The number of aliphatic hydroxyl groups excluding tert-OH is 1. The summed E-state index contributed by atoms with van der Waals surface area (Å²) in [5.74, 6) is 0.